The highest BCUT2D eigenvalue weighted by Crippen LogP contribution is 2.22. The molecule has 5 nitrogen and oxygen atoms in total. The van der Waals surface area contributed by atoms with Crippen molar-refractivity contribution in [3.8, 4) is 11.3 Å². The van der Waals surface area contributed by atoms with Crippen molar-refractivity contribution in [2.75, 3.05) is 27.2 Å². The van der Waals surface area contributed by atoms with Crippen molar-refractivity contribution < 1.29 is 14.3 Å². The van der Waals surface area contributed by atoms with Crippen LogP contribution in [0.2, 0.25) is 0 Å². The lowest BCUT2D eigenvalue weighted by molar-refractivity contribution is 0.0697. The topological polar surface area (TPSA) is 65.7 Å². The summed E-state index contributed by atoms with van der Waals surface area (Å²) >= 11 is 0. The third-order valence-corrected chi connectivity index (χ3v) is 3.34. The van der Waals surface area contributed by atoms with Gasteiger partial charge in [-0.3, -0.25) is 0 Å². The normalized spacial score (nSPS) is 10.1. The van der Waals surface area contributed by atoms with Crippen LogP contribution in [0.4, 0.5) is 0 Å². The van der Waals surface area contributed by atoms with Gasteiger partial charge in [-0.05, 0) is 57.9 Å². The number of carboxylic acid groups (broad SMARTS) is 1. The Labute approximate surface area is 154 Å². The quantitative estimate of drug-likeness (QED) is 0.691. The Morgan fingerprint density at radius 3 is 2.38 bits per heavy atom. The summed E-state index contributed by atoms with van der Waals surface area (Å²) in [6, 6.07) is 10.5. The number of nitrogens with one attached hydrogen (secondary N) is 1. The predicted octanol–water partition coefficient (Wildman–Crippen LogP) is 3.53. The molecule has 0 saturated heterocycles. The van der Waals surface area contributed by atoms with Gasteiger partial charge in [-0.2, -0.15) is 0 Å². The highest BCUT2D eigenvalue weighted by molar-refractivity contribution is 5.88. The van der Waals surface area contributed by atoms with E-state index in [0.29, 0.717) is 6.54 Å². The number of hydrogen-bond donors (Lipinski definition) is 2. The van der Waals surface area contributed by atoms with Crippen molar-refractivity contribution in [1.29, 1.82) is 0 Å². The summed E-state index contributed by atoms with van der Waals surface area (Å²) < 4.78 is 5.78. The third-order valence-electron chi connectivity index (χ3n) is 3.34. The van der Waals surface area contributed by atoms with Crippen LogP contribution in [-0.4, -0.2) is 43.2 Å². The molecule has 24 heavy (non-hydrogen) atoms. The van der Waals surface area contributed by atoms with Crippen molar-refractivity contribution in [3.63, 3.8) is 0 Å². The lowest BCUT2D eigenvalue weighted by Crippen LogP contribution is -2.20. The minimum atomic E-state index is -0.923. The van der Waals surface area contributed by atoms with Crippen LogP contribution in [0.3, 0.4) is 0 Å². The molecule has 0 aliphatic rings. The lowest BCUT2D eigenvalue weighted by Gasteiger charge is -2.09. The SMILES string of the molecule is CN(C)CCCNCc1ccc(-c2ccc(C(=O)O)cc2)o1.Cl.Cl. The van der Waals surface area contributed by atoms with Gasteiger partial charge in [-0.25, -0.2) is 4.79 Å². The monoisotopic (exact) mass is 374 g/mol. The van der Waals surface area contributed by atoms with Gasteiger partial charge in [0.25, 0.3) is 0 Å². The number of furan rings is 1. The molecule has 134 valence electrons. The van der Waals surface area contributed by atoms with Crippen molar-refractivity contribution >= 4 is 30.8 Å². The van der Waals surface area contributed by atoms with Gasteiger partial charge < -0.3 is 19.7 Å². The zero-order valence-electron chi connectivity index (χ0n) is 13.8. The summed E-state index contributed by atoms with van der Waals surface area (Å²) in [4.78, 5) is 13.0. The minimum absolute atomic E-state index is 0. The average molecular weight is 375 g/mol. The summed E-state index contributed by atoms with van der Waals surface area (Å²) in [5.74, 6) is 0.706. The highest BCUT2D eigenvalue weighted by Gasteiger charge is 2.07. The first-order valence-corrected chi connectivity index (χ1v) is 7.34. The van der Waals surface area contributed by atoms with Gasteiger partial charge in [0.2, 0.25) is 0 Å². The fraction of sp³-hybridized carbons (Fsp3) is 0.353. The molecule has 1 aromatic heterocycles. The van der Waals surface area contributed by atoms with Gasteiger partial charge >= 0.3 is 5.97 Å². The van der Waals surface area contributed by atoms with Crippen molar-refractivity contribution in [2.24, 2.45) is 0 Å². The van der Waals surface area contributed by atoms with E-state index >= 15 is 0 Å². The predicted molar refractivity (Wildman–Crippen MR) is 100 cm³/mol. The Bertz CT molecular complexity index is 613. The molecule has 0 aliphatic heterocycles. The molecule has 0 fully saturated rings. The fourth-order valence-corrected chi connectivity index (χ4v) is 2.14. The zero-order valence-corrected chi connectivity index (χ0v) is 15.5. The van der Waals surface area contributed by atoms with Crippen molar-refractivity contribution in [1.82, 2.24) is 10.2 Å². The van der Waals surface area contributed by atoms with Crippen LogP contribution < -0.4 is 5.32 Å². The Balaban J connectivity index is 0.00000264. The summed E-state index contributed by atoms with van der Waals surface area (Å²) in [7, 11) is 4.13. The molecule has 0 aliphatic carbocycles. The molecule has 0 bridgehead atoms. The van der Waals surface area contributed by atoms with E-state index < -0.39 is 5.97 Å². The second-order valence-electron chi connectivity index (χ2n) is 5.48. The molecule has 2 aromatic rings. The molecule has 1 heterocycles. The molecular weight excluding hydrogens is 351 g/mol. The first-order chi connectivity index (χ1) is 10.6. The molecule has 0 amide bonds. The number of halogens is 2. The fourth-order valence-electron chi connectivity index (χ4n) is 2.14. The Kier molecular flexibility index (Phi) is 10.4. The Morgan fingerprint density at radius 2 is 1.79 bits per heavy atom. The largest absolute Gasteiger partial charge is 0.478 e. The van der Waals surface area contributed by atoms with E-state index in [1.165, 1.54) is 0 Å². The number of hydrogen-bond acceptors (Lipinski definition) is 4. The maximum absolute atomic E-state index is 10.8. The molecule has 0 unspecified atom stereocenters. The summed E-state index contributed by atoms with van der Waals surface area (Å²) in [6.45, 7) is 2.70. The molecule has 2 N–H and O–H groups in total. The van der Waals surface area contributed by atoms with E-state index in [-0.39, 0.29) is 30.4 Å². The van der Waals surface area contributed by atoms with E-state index in [9.17, 15) is 4.79 Å². The molecule has 0 saturated carbocycles. The first-order valence-electron chi connectivity index (χ1n) is 7.34. The van der Waals surface area contributed by atoms with Gasteiger partial charge in [0.05, 0.1) is 12.1 Å². The number of benzene rings is 1. The van der Waals surface area contributed by atoms with Crippen molar-refractivity contribution in [3.05, 3.63) is 47.7 Å². The second kappa shape index (κ2) is 11.1. The summed E-state index contributed by atoms with van der Waals surface area (Å²) in [5.41, 5.74) is 1.15. The number of carboxylic acids is 1. The average Bonchev–Trinajstić information content (AvgIpc) is 2.95. The van der Waals surface area contributed by atoms with Gasteiger partial charge in [0.15, 0.2) is 0 Å². The van der Waals surface area contributed by atoms with E-state index in [4.69, 9.17) is 9.52 Å². The molecule has 0 radical (unpaired) electrons. The molecule has 0 atom stereocenters. The maximum Gasteiger partial charge on any atom is 0.335 e. The number of rotatable bonds is 8. The molecule has 2 rings (SSSR count). The van der Waals surface area contributed by atoms with Crippen LogP contribution in [-0.2, 0) is 6.54 Å². The molecular formula is C17H24Cl2N2O3. The van der Waals surface area contributed by atoms with E-state index in [0.717, 1.165) is 36.6 Å². The molecule has 7 heteroatoms. The van der Waals surface area contributed by atoms with Gasteiger partial charge in [-0.1, -0.05) is 12.1 Å². The number of aromatic carboxylic acids is 1. The lowest BCUT2D eigenvalue weighted by atomic mass is 10.1. The standard InChI is InChI=1S/C17H22N2O3.2ClH/c1-19(2)11-3-10-18-12-15-8-9-16(22-15)13-4-6-14(7-5-13)17(20)21;;/h4-9,18H,3,10-12H2,1-2H3,(H,20,21);2*1H. The molecule has 1 aromatic carbocycles. The van der Waals surface area contributed by atoms with Gasteiger partial charge in [-0.15, -0.1) is 24.8 Å². The van der Waals surface area contributed by atoms with Crippen LogP contribution >= 0.6 is 24.8 Å². The van der Waals surface area contributed by atoms with Gasteiger partial charge in [0.1, 0.15) is 11.5 Å². The van der Waals surface area contributed by atoms with Crippen LogP contribution in [0.15, 0.2) is 40.8 Å². The Morgan fingerprint density at radius 1 is 1.12 bits per heavy atom. The van der Waals surface area contributed by atoms with Crippen LogP contribution in [0.25, 0.3) is 11.3 Å². The highest BCUT2D eigenvalue weighted by atomic mass is 35.5. The van der Waals surface area contributed by atoms with Crippen LogP contribution in [0.5, 0.6) is 0 Å². The first kappa shape index (κ1) is 22.5. The van der Waals surface area contributed by atoms with Crippen molar-refractivity contribution in [2.45, 2.75) is 13.0 Å². The third kappa shape index (κ3) is 6.93. The van der Waals surface area contributed by atoms with E-state index in [1.807, 2.05) is 12.1 Å². The van der Waals surface area contributed by atoms with E-state index in [1.54, 1.807) is 24.3 Å². The zero-order chi connectivity index (χ0) is 15.9. The second-order valence-corrected chi connectivity index (χ2v) is 5.48. The Hall–Kier alpha value is -1.53. The summed E-state index contributed by atoms with van der Waals surface area (Å²) in [5, 5.41) is 12.2. The number of carbonyl (C=O) groups is 1. The van der Waals surface area contributed by atoms with Gasteiger partial charge in [0, 0.05) is 5.56 Å². The van der Waals surface area contributed by atoms with Crippen LogP contribution in [0, 0.1) is 0 Å². The number of nitrogens with zero attached hydrogens (tertiary/aromatic N) is 1. The minimum Gasteiger partial charge on any atom is -0.478 e. The maximum atomic E-state index is 10.8. The smallest absolute Gasteiger partial charge is 0.335 e. The molecule has 0 spiro atoms. The van der Waals surface area contributed by atoms with E-state index in [2.05, 4.69) is 24.3 Å². The summed E-state index contributed by atoms with van der Waals surface area (Å²) in [6.07, 6.45) is 1.09. The van der Waals surface area contributed by atoms with Crippen LogP contribution in [0.1, 0.15) is 22.5 Å².